The minimum absolute atomic E-state index is 0.0146. The molecular weight excluding hydrogens is 675 g/mol. The molecule has 0 saturated heterocycles. The maximum absolute atomic E-state index is 2.59. The summed E-state index contributed by atoms with van der Waals surface area (Å²) in [7, 11) is 0. The van der Waals surface area contributed by atoms with Gasteiger partial charge >= 0.3 is 0 Å². The molecular formula is C55H45N. The first-order chi connectivity index (χ1) is 27.3. The molecule has 0 fully saturated rings. The molecule has 0 atom stereocenters. The molecule has 56 heavy (non-hydrogen) atoms. The summed E-state index contributed by atoms with van der Waals surface area (Å²) in [6, 6.07) is 66.5. The van der Waals surface area contributed by atoms with Gasteiger partial charge in [0.1, 0.15) is 0 Å². The molecule has 11 rings (SSSR count). The van der Waals surface area contributed by atoms with Crippen LogP contribution in [0.25, 0.3) is 44.2 Å². The number of hydrogen-bond donors (Lipinski definition) is 0. The maximum atomic E-state index is 2.59. The molecule has 0 N–H and O–H groups in total. The second kappa shape index (κ2) is 11.9. The standard InChI is InChI=1S/C55H45N/c1-53(2)31-32-54(3,4)52-43(24-16-28-49(52)53)45-34-44-42-23-12-15-27-48(42)55(46-25-13-10-21-40(46)41-22-11-14-26-47(41)55)50(44)35-51(45)56(38-19-6-5-7-20-38)39-30-29-36-17-8-9-18-37(36)33-39/h5-30,33-35H,31-32H2,1-4H3. The summed E-state index contributed by atoms with van der Waals surface area (Å²) in [5.74, 6) is 0. The summed E-state index contributed by atoms with van der Waals surface area (Å²) in [5, 5.41) is 2.48. The monoisotopic (exact) mass is 719 g/mol. The first-order valence-electron chi connectivity index (χ1n) is 20.2. The van der Waals surface area contributed by atoms with Crippen LogP contribution in [0, 0.1) is 0 Å². The van der Waals surface area contributed by atoms with E-state index in [1.807, 2.05) is 0 Å². The fourth-order valence-corrected chi connectivity index (χ4v) is 10.8. The van der Waals surface area contributed by atoms with Gasteiger partial charge in [-0.1, -0.05) is 167 Å². The van der Waals surface area contributed by atoms with Crippen molar-refractivity contribution < 1.29 is 0 Å². The summed E-state index contributed by atoms with van der Waals surface area (Å²) in [6.07, 6.45) is 2.33. The van der Waals surface area contributed by atoms with Crippen molar-refractivity contribution in [3.63, 3.8) is 0 Å². The highest BCUT2D eigenvalue weighted by Gasteiger charge is 2.52. The van der Waals surface area contributed by atoms with Crippen LogP contribution < -0.4 is 4.90 Å². The molecule has 0 aliphatic heterocycles. The van der Waals surface area contributed by atoms with E-state index >= 15 is 0 Å². The van der Waals surface area contributed by atoms with Crippen LogP contribution in [0.3, 0.4) is 0 Å². The van der Waals surface area contributed by atoms with Crippen LogP contribution in [0.1, 0.15) is 73.9 Å². The summed E-state index contributed by atoms with van der Waals surface area (Å²) in [4.78, 5) is 2.53. The lowest BCUT2D eigenvalue weighted by atomic mass is 9.61. The van der Waals surface area contributed by atoms with E-state index in [1.165, 1.54) is 89.6 Å². The van der Waals surface area contributed by atoms with Crippen molar-refractivity contribution in [2.75, 3.05) is 4.90 Å². The summed E-state index contributed by atoms with van der Waals surface area (Å²) < 4.78 is 0. The molecule has 8 aromatic rings. The van der Waals surface area contributed by atoms with Crippen molar-refractivity contribution in [2.24, 2.45) is 0 Å². The first kappa shape index (κ1) is 33.2. The van der Waals surface area contributed by atoms with Gasteiger partial charge in [-0.25, -0.2) is 0 Å². The summed E-state index contributed by atoms with van der Waals surface area (Å²) in [6.45, 7) is 9.81. The topological polar surface area (TPSA) is 3.24 Å². The SMILES string of the molecule is CC1(C)CCC(C)(C)c2c(-c3cc4c(cc3N(c3ccccc3)c3ccc5ccccc5c3)C3(c5ccccc5-c5ccccc53)c3ccccc3-4)cccc21. The average molecular weight is 720 g/mol. The van der Waals surface area contributed by atoms with Gasteiger partial charge < -0.3 is 4.90 Å². The minimum Gasteiger partial charge on any atom is -0.310 e. The van der Waals surface area contributed by atoms with Crippen molar-refractivity contribution >= 4 is 27.8 Å². The van der Waals surface area contributed by atoms with E-state index in [0.29, 0.717) is 0 Å². The molecule has 8 aromatic carbocycles. The number of rotatable bonds is 4. The summed E-state index contributed by atoms with van der Waals surface area (Å²) in [5.41, 5.74) is 19.5. The van der Waals surface area contributed by atoms with Gasteiger partial charge in [-0.05, 0) is 132 Å². The third kappa shape index (κ3) is 4.55. The van der Waals surface area contributed by atoms with E-state index in [0.717, 1.165) is 17.8 Å². The van der Waals surface area contributed by atoms with E-state index in [-0.39, 0.29) is 10.8 Å². The smallest absolute Gasteiger partial charge is 0.0726 e. The van der Waals surface area contributed by atoms with Crippen LogP contribution in [-0.4, -0.2) is 0 Å². The zero-order valence-electron chi connectivity index (χ0n) is 32.6. The van der Waals surface area contributed by atoms with Gasteiger partial charge in [-0.2, -0.15) is 0 Å². The predicted octanol–water partition coefficient (Wildman–Crippen LogP) is 14.7. The summed E-state index contributed by atoms with van der Waals surface area (Å²) >= 11 is 0. The molecule has 0 amide bonds. The second-order valence-corrected chi connectivity index (χ2v) is 17.5. The van der Waals surface area contributed by atoms with Gasteiger partial charge in [0, 0.05) is 16.9 Å². The van der Waals surface area contributed by atoms with Crippen LogP contribution in [0.4, 0.5) is 17.1 Å². The fraction of sp³-hybridized carbons (Fsp3) is 0.164. The zero-order valence-corrected chi connectivity index (χ0v) is 32.6. The van der Waals surface area contributed by atoms with Crippen molar-refractivity contribution in [1.29, 1.82) is 0 Å². The van der Waals surface area contributed by atoms with E-state index in [4.69, 9.17) is 0 Å². The van der Waals surface area contributed by atoms with Crippen LogP contribution in [0.15, 0.2) is 176 Å². The molecule has 1 heteroatoms. The molecule has 3 aliphatic rings. The van der Waals surface area contributed by atoms with Crippen molar-refractivity contribution in [3.8, 4) is 33.4 Å². The molecule has 0 heterocycles. The number of hydrogen-bond acceptors (Lipinski definition) is 1. The number of fused-ring (bicyclic) bond motifs is 12. The molecule has 3 aliphatic carbocycles. The van der Waals surface area contributed by atoms with Crippen LogP contribution >= 0.6 is 0 Å². The molecule has 270 valence electrons. The van der Waals surface area contributed by atoms with Gasteiger partial charge in [0.2, 0.25) is 0 Å². The average Bonchev–Trinajstić information content (AvgIpc) is 3.69. The quantitative estimate of drug-likeness (QED) is 0.175. The molecule has 0 radical (unpaired) electrons. The van der Waals surface area contributed by atoms with Gasteiger partial charge in [0.25, 0.3) is 0 Å². The highest BCUT2D eigenvalue weighted by molar-refractivity contribution is 6.01. The molecule has 0 aromatic heterocycles. The Labute approximate surface area is 330 Å². The number of benzene rings is 8. The van der Waals surface area contributed by atoms with E-state index in [1.54, 1.807) is 0 Å². The fourth-order valence-electron chi connectivity index (χ4n) is 10.8. The second-order valence-electron chi connectivity index (χ2n) is 17.5. The van der Waals surface area contributed by atoms with Crippen molar-refractivity contribution in [3.05, 3.63) is 209 Å². The normalized spacial score (nSPS) is 16.1. The highest BCUT2D eigenvalue weighted by atomic mass is 15.1. The Balaban J connectivity index is 1.31. The highest BCUT2D eigenvalue weighted by Crippen LogP contribution is 2.64. The molecule has 0 unspecified atom stereocenters. The van der Waals surface area contributed by atoms with E-state index < -0.39 is 5.41 Å². The lowest BCUT2D eigenvalue weighted by Crippen LogP contribution is -2.34. The Bertz CT molecular complexity index is 2830. The van der Waals surface area contributed by atoms with Gasteiger partial charge in [-0.3, -0.25) is 0 Å². The van der Waals surface area contributed by atoms with Gasteiger partial charge in [0.05, 0.1) is 11.1 Å². The largest absolute Gasteiger partial charge is 0.310 e. The number of para-hydroxylation sites is 1. The number of nitrogens with zero attached hydrogens (tertiary/aromatic N) is 1. The molecule has 1 nitrogen and oxygen atoms in total. The Morgan fingerprint density at radius 2 is 0.893 bits per heavy atom. The molecule has 1 spiro atoms. The van der Waals surface area contributed by atoms with Crippen LogP contribution in [-0.2, 0) is 16.2 Å². The van der Waals surface area contributed by atoms with Crippen molar-refractivity contribution in [1.82, 2.24) is 0 Å². The Morgan fingerprint density at radius 1 is 0.357 bits per heavy atom. The van der Waals surface area contributed by atoms with Gasteiger partial charge in [0.15, 0.2) is 0 Å². The third-order valence-electron chi connectivity index (χ3n) is 13.5. The van der Waals surface area contributed by atoms with Gasteiger partial charge in [-0.15, -0.1) is 0 Å². The maximum Gasteiger partial charge on any atom is 0.0726 e. The number of anilines is 3. The Hall–Kier alpha value is -6.18. The Kier molecular flexibility index (Phi) is 7.06. The minimum atomic E-state index is -0.449. The zero-order chi connectivity index (χ0) is 37.8. The molecule has 0 saturated carbocycles. The lowest BCUT2D eigenvalue weighted by molar-refractivity contribution is 0.333. The van der Waals surface area contributed by atoms with Crippen LogP contribution in [0.5, 0.6) is 0 Å². The van der Waals surface area contributed by atoms with Crippen LogP contribution in [0.2, 0.25) is 0 Å². The Morgan fingerprint density at radius 3 is 1.57 bits per heavy atom. The van der Waals surface area contributed by atoms with Crippen molar-refractivity contribution in [2.45, 2.75) is 56.8 Å². The van der Waals surface area contributed by atoms with E-state index in [9.17, 15) is 0 Å². The van der Waals surface area contributed by atoms with E-state index in [2.05, 4.69) is 209 Å². The lowest BCUT2D eigenvalue weighted by Gasteiger charge is -2.43. The third-order valence-corrected chi connectivity index (χ3v) is 13.5. The first-order valence-corrected chi connectivity index (χ1v) is 20.2. The predicted molar refractivity (Wildman–Crippen MR) is 236 cm³/mol. The molecule has 0 bridgehead atoms.